The first-order valence-corrected chi connectivity index (χ1v) is 7.43. The van der Waals surface area contributed by atoms with Crippen LogP contribution in [0.5, 0.6) is 5.75 Å². The van der Waals surface area contributed by atoms with Crippen LogP contribution in [0.4, 0.5) is 0 Å². The van der Waals surface area contributed by atoms with Crippen molar-refractivity contribution < 1.29 is 9.90 Å². The SMILES string of the molecule is Cc1nc2c(O)cc(C(=O)N(C)C)cc2n1Cc1ccccc1. The predicted octanol–water partition coefficient (Wildman–Crippen LogP) is 2.80. The van der Waals surface area contributed by atoms with E-state index in [0.717, 1.165) is 16.9 Å². The number of carbonyl (C=O) groups excluding carboxylic acids is 1. The summed E-state index contributed by atoms with van der Waals surface area (Å²) in [5.41, 5.74) is 2.87. The number of hydrogen-bond donors (Lipinski definition) is 1. The third-order valence-corrected chi connectivity index (χ3v) is 3.86. The number of fused-ring (bicyclic) bond motifs is 1. The van der Waals surface area contributed by atoms with Gasteiger partial charge in [-0.2, -0.15) is 0 Å². The van der Waals surface area contributed by atoms with Crippen molar-refractivity contribution in [3.63, 3.8) is 0 Å². The molecule has 0 spiro atoms. The van der Waals surface area contributed by atoms with Crippen LogP contribution in [-0.4, -0.2) is 39.6 Å². The Morgan fingerprint density at radius 2 is 1.91 bits per heavy atom. The van der Waals surface area contributed by atoms with E-state index in [9.17, 15) is 9.90 Å². The van der Waals surface area contributed by atoms with Gasteiger partial charge < -0.3 is 14.6 Å². The fourth-order valence-corrected chi connectivity index (χ4v) is 2.67. The van der Waals surface area contributed by atoms with Crippen LogP contribution < -0.4 is 0 Å². The summed E-state index contributed by atoms with van der Waals surface area (Å²) in [5.74, 6) is 0.684. The van der Waals surface area contributed by atoms with Gasteiger partial charge >= 0.3 is 0 Å². The molecule has 0 aliphatic carbocycles. The van der Waals surface area contributed by atoms with E-state index in [2.05, 4.69) is 4.98 Å². The predicted molar refractivity (Wildman–Crippen MR) is 89.7 cm³/mol. The second kappa shape index (κ2) is 5.76. The summed E-state index contributed by atoms with van der Waals surface area (Å²) in [6.07, 6.45) is 0. The number of aryl methyl sites for hydroxylation is 1. The maximum atomic E-state index is 12.2. The number of rotatable bonds is 3. The number of hydrogen-bond acceptors (Lipinski definition) is 3. The Morgan fingerprint density at radius 1 is 1.22 bits per heavy atom. The minimum atomic E-state index is -0.146. The highest BCUT2D eigenvalue weighted by molar-refractivity contribution is 5.99. The molecule has 0 atom stereocenters. The number of amides is 1. The van der Waals surface area contributed by atoms with Crippen molar-refractivity contribution in [3.05, 3.63) is 59.4 Å². The Morgan fingerprint density at radius 3 is 2.57 bits per heavy atom. The topological polar surface area (TPSA) is 58.4 Å². The zero-order chi connectivity index (χ0) is 16.6. The standard InChI is InChI=1S/C18H19N3O2/c1-12-19-17-15(21(12)11-13-7-5-4-6-8-13)9-14(10-16(17)22)18(23)20(2)3/h4-10,22H,11H2,1-3H3. The molecule has 0 saturated heterocycles. The number of aromatic nitrogens is 2. The van der Waals surface area contributed by atoms with Crippen LogP contribution in [0, 0.1) is 6.92 Å². The van der Waals surface area contributed by atoms with Crippen LogP contribution in [-0.2, 0) is 6.54 Å². The minimum absolute atomic E-state index is 0.0302. The number of nitrogens with zero attached hydrogens (tertiary/aromatic N) is 3. The Labute approximate surface area is 134 Å². The van der Waals surface area contributed by atoms with Crippen LogP contribution >= 0.6 is 0 Å². The number of phenolic OH excluding ortho intramolecular Hbond substituents is 1. The summed E-state index contributed by atoms with van der Waals surface area (Å²) in [4.78, 5) is 18.1. The van der Waals surface area contributed by atoms with E-state index < -0.39 is 0 Å². The fraction of sp³-hybridized carbons (Fsp3) is 0.222. The van der Waals surface area contributed by atoms with E-state index in [1.54, 1.807) is 20.2 Å². The van der Waals surface area contributed by atoms with Crippen LogP contribution in [0.3, 0.4) is 0 Å². The largest absolute Gasteiger partial charge is 0.506 e. The zero-order valence-corrected chi connectivity index (χ0v) is 13.4. The van der Waals surface area contributed by atoms with Crippen LogP contribution in [0.15, 0.2) is 42.5 Å². The van der Waals surface area contributed by atoms with E-state index >= 15 is 0 Å². The summed E-state index contributed by atoms with van der Waals surface area (Å²) in [6, 6.07) is 13.3. The van der Waals surface area contributed by atoms with Crippen molar-refractivity contribution in [1.29, 1.82) is 0 Å². The first-order chi connectivity index (χ1) is 11.0. The van der Waals surface area contributed by atoms with E-state index in [1.165, 1.54) is 11.0 Å². The van der Waals surface area contributed by atoms with Crippen molar-refractivity contribution in [2.24, 2.45) is 0 Å². The van der Waals surface area contributed by atoms with Crippen molar-refractivity contribution in [2.45, 2.75) is 13.5 Å². The molecule has 1 heterocycles. The van der Waals surface area contributed by atoms with Crippen LogP contribution in [0.2, 0.25) is 0 Å². The molecule has 0 bridgehead atoms. The van der Waals surface area contributed by atoms with Crippen LogP contribution in [0.1, 0.15) is 21.7 Å². The molecule has 1 N–H and O–H groups in total. The number of aromatic hydroxyl groups is 1. The first kappa shape index (κ1) is 15.1. The molecule has 5 nitrogen and oxygen atoms in total. The van der Waals surface area contributed by atoms with Crippen LogP contribution in [0.25, 0.3) is 11.0 Å². The summed E-state index contributed by atoms with van der Waals surface area (Å²) >= 11 is 0. The van der Waals surface area contributed by atoms with Crippen molar-refractivity contribution in [3.8, 4) is 5.75 Å². The maximum absolute atomic E-state index is 12.2. The van der Waals surface area contributed by atoms with Gasteiger partial charge in [0.1, 0.15) is 17.1 Å². The molecule has 5 heteroatoms. The van der Waals surface area contributed by atoms with Gasteiger partial charge in [0.15, 0.2) is 0 Å². The lowest BCUT2D eigenvalue weighted by atomic mass is 10.1. The molecule has 0 aliphatic rings. The fourth-order valence-electron chi connectivity index (χ4n) is 2.67. The average molecular weight is 309 g/mol. The molecule has 0 fully saturated rings. The molecule has 1 amide bonds. The van der Waals surface area contributed by atoms with Crippen molar-refractivity contribution in [1.82, 2.24) is 14.5 Å². The molecule has 0 unspecified atom stereocenters. The average Bonchev–Trinajstić information content (AvgIpc) is 2.84. The third-order valence-electron chi connectivity index (χ3n) is 3.86. The highest BCUT2D eigenvalue weighted by Crippen LogP contribution is 2.28. The molecule has 3 aromatic rings. The lowest BCUT2D eigenvalue weighted by Gasteiger charge is -2.12. The van der Waals surface area contributed by atoms with E-state index in [0.29, 0.717) is 17.6 Å². The molecular formula is C18H19N3O2. The Kier molecular flexibility index (Phi) is 3.78. The van der Waals surface area contributed by atoms with Crippen molar-refractivity contribution in [2.75, 3.05) is 14.1 Å². The van der Waals surface area contributed by atoms with Gasteiger partial charge in [0, 0.05) is 26.2 Å². The summed E-state index contributed by atoms with van der Waals surface area (Å²) in [6.45, 7) is 2.54. The lowest BCUT2D eigenvalue weighted by molar-refractivity contribution is 0.0827. The van der Waals surface area contributed by atoms with Gasteiger partial charge in [-0.15, -0.1) is 0 Å². The summed E-state index contributed by atoms with van der Waals surface area (Å²) in [7, 11) is 3.38. The molecule has 2 aromatic carbocycles. The Balaban J connectivity index is 2.14. The molecular weight excluding hydrogens is 290 g/mol. The van der Waals surface area contributed by atoms with Gasteiger partial charge in [-0.05, 0) is 24.6 Å². The quantitative estimate of drug-likeness (QED) is 0.809. The smallest absolute Gasteiger partial charge is 0.253 e. The van der Waals surface area contributed by atoms with E-state index in [-0.39, 0.29) is 11.7 Å². The Bertz CT molecular complexity index is 867. The molecule has 23 heavy (non-hydrogen) atoms. The third kappa shape index (κ3) is 2.77. The second-order valence-electron chi connectivity index (χ2n) is 5.79. The number of phenols is 1. The van der Waals surface area contributed by atoms with Gasteiger partial charge in [0.2, 0.25) is 0 Å². The van der Waals surface area contributed by atoms with Gasteiger partial charge in [-0.1, -0.05) is 30.3 Å². The molecule has 0 radical (unpaired) electrons. The number of carbonyl (C=O) groups is 1. The van der Waals surface area contributed by atoms with Gasteiger partial charge in [-0.3, -0.25) is 4.79 Å². The summed E-state index contributed by atoms with van der Waals surface area (Å²) in [5, 5.41) is 10.2. The van der Waals surface area contributed by atoms with Crippen molar-refractivity contribution >= 4 is 16.9 Å². The summed E-state index contributed by atoms with van der Waals surface area (Å²) < 4.78 is 2.01. The van der Waals surface area contributed by atoms with Gasteiger partial charge in [-0.25, -0.2) is 4.98 Å². The molecule has 1 aromatic heterocycles. The highest BCUT2D eigenvalue weighted by atomic mass is 16.3. The van der Waals surface area contributed by atoms with Gasteiger partial charge in [0.05, 0.1) is 5.52 Å². The molecule has 3 rings (SSSR count). The van der Waals surface area contributed by atoms with Gasteiger partial charge in [0.25, 0.3) is 5.91 Å². The molecule has 0 saturated carbocycles. The number of benzene rings is 2. The zero-order valence-electron chi connectivity index (χ0n) is 13.4. The van der Waals surface area contributed by atoms with E-state index in [1.807, 2.05) is 41.8 Å². The molecule has 0 aliphatic heterocycles. The second-order valence-corrected chi connectivity index (χ2v) is 5.79. The first-order valence-electron chi connectivity index (χ1n) is 7.43. The number of imidazole rings is 1. The normalized spacial score (nSPS) is 10.9. The highest BCUT2D eigenvalue weighted by Gasteiger charge is 2.17. The Hall–Kier alpha value is -2.82. The maximum Gasteiger partial charge on any atom is 0.253 e. The minimum Gasteiger partial charge on any atom is -0.506 e. The monoisotopic (exact) mass is 309 g/mol. The molecule has 118 valence electrons. The lowest BCUT2D eigenvalue weighted by Crippen LogP contribution is -2.21. The van der Waals surface area contributed by atoms with E-state index in [4.69, 9.17) is 0 Å².